The van der Waals surface area contributed by atoms with Crippen molar-refractivity contribution in [2.45, 2.75) is 6.54 Å². The summed E-state index contributed by atoms with van der Waals surface area (Å²) in [5.74, 6) is 2.14. The maximum Gasteiger partial charge on any atom is 0.203 e. The zero-order valence-electron chi connectivity index (χ0n) is 14.7. The van der Waals surface area contributed by atoms with Gasteiger partial charge < -0.3 is 19.4 Å². The molecule has 1 N–H and O–H groups in total. The van der Waals surface area contributed by atoms with Crippen LogP contribution in [0.5, 0.6) is 11.5 Å². The number of benzene rings is 2. The van der Waals surface area contributed by atoms with E-state index in [9.17, 15) is 0 Å². The van der Waals surface area contributed by atoms with E-state index in [1.807, 2.05) is 41.9 Å². The van der Waals surface area contributed by atoms with Gasteiger partial charge in [0.1, 0.15) is 0 Å². The van der Waals surface area contributed by atoms with Gasteiger partial charge in [-0.05, 0) is 18.2 Å². The molecule has 2 aromatic carbocycles. The van der Waals surface area contributed by atoms with Gasteiger partial charge in [-0.1, -0.05) is 41.4 Å². The predicted octanol–water partition coefficient (Wildman–Crippen LogP) is 5.02. The van der Waals surface area contributed by atoms with E-state index in [4.69, 9.17) is 32.7 Å². The van der Waals surface area contributed by atoms with E-state index in [1.165, 1.54) is 0 Å². The third-order valence-corrected chi connectivity index (χ3v) is 4.86. The highest BCUT2D eigenvalue weighted by atomic mass is 35.5. The Kier molecular flexibility index (Phi) is 5.59. The van der Waals surface area contributed by atoms with Crippen molar-refractivity contribution in [2.75, 3.05) is 19.5 Å². The van der Waals surface area contributed by atoms with Crippen LogP contribution in [0.15, 0.2) is 42.6 Å². The highest BCUT2D eigenvalue weighted by Gasteiger charge is 2.12. The maximum absolute atomic E-state index is 6.12. The minimum Gasteiger partial charge on any atom is -0.493 e. The number of aromatic nitrogens is 2. The fourth-order valence-electron chi connectivity index (χ4n) is 2.76. The minimum atomic E-state index is 0.515. The molecule has 3 aromatic rings. The Morgan fingerprint density at radius 3 is 2.58 bits per heavy atom. The van der Waals surface area contributed by atoms with Crippen molar-refractivity contribution >= 4 is 29.2 Å². The number of imidazole rings is 1. The topological polar surface area (TPSA) is 48.3 Å². The number of halogens is 2. The highest BCUT2D eigenvalue weighted by Crippen LogP contribution is 2.32. The number of hydrogen-bond acceptors (Lipinski definition) is 4. The largest absolute Gasteiger partial charge is 0.493 e. The van der Waals surface area contributed by atoms with Crippen molar-refractivity contribution in [2.24, 2.45) is 7.05 Å². The van der Waals surface area contributed by atoms with Gasteiger partial charge in [-0.3, -0.25) is 0 Å². The van der Waals surface area contributed by atoms with Gasteiger partial charge in [0.2, 0.25) is 5.95 Å². The normalized spacial score (nSPS) is 10.7. The SMILES string of the molecule is COc1cccc(CNc2ncc(-c3ccc(Cl)c(Cl)c3)n2C)c1OC. The first kappa shape index (κ1) is 18.4. The Balaban J connectivity index is 1.82. The molecule has 0 aliphatic carbocycles. The molecule has 0 saturated carbocycles. The summed E-state index contributed by atoms with van der Waals surface area (Å²) in [6.07, 6.45) is 1.80. The summed E-state index contributed by atoms with van der Waals surface area (Å²) in [5.41, 5.74) is 2.86. The standard InChI is InChI=1S/C19H19Cl2N3O2/c1-24-16(12-7-8-14(20)15(21)9-12)11-23-19(24)22-10-13-5-4-6-17(25-2)18(13)26-3/h4-9,11H,10H2,1-3H3,(H,22,23). The molecule has 0 aliphatic rings. The molecule has 0 fully saturated rings. The Labute approximate surface area is 162 Å². The van der Waals surface area contributed by atoms with Crippen molar-refractivity contribution in [3.05, 3.63) is 58.2 Å². The molecule has 0 amide bonds. The lowest BCUT2D eigenvalue weighted by atomic mass is 10.2. The van der Waals surface area contributed by atoms with Crippen LogP contribution in [-0.2, 0) is 13.6 Å². The van der Waals surface area contributed by atoms with Crippen LogP contribution in [0.1, 0.15) is 5.56 Å². The average molecular weight is 392 g/mol. The molecule has 1 aromatic heterocycles. The molecular formula is C19H19Cl2N3O2. The van der Waals surface area contributed by atoms with E-state index in [1.54, 1.807) is 26.5 Å². The Bertz CT molecular complexity index is 925. The zero-order chi connectivity index (χ0) is 18.7. The number of ether oxygens (including phenoxy) is 2. The van der Waals surface area contributed by atoms with Crippen molar-refractivity contribution in [1.82, 2.24) is 9.55 Å². The summed E-state index contributed by atoms with van der Waals surface area (Å²) >= 11 is 12.1. The molecule has 0 aliphatic heterocycles. The number of nitrogens with zero attached hydrogens (tertiary/aromatic N) is 2. The summed E-state index contributed by atoms with van der Waals surface area (Å²) in [7, 11) is 5.19. The zero-order valence-corrected chi connectivity index (χ0v) is 16.2. The Morgan fingerprint density at radius 1 is 1.08 bits per heavy atom. The smallest absolute Gasteiger partial charge is 0.203 e. The first-order valence-electron chi connectivity index (χ1n) is 7.96. The number of anilines is 1. The second-order valence-electron chi connectivity index (χ2n) is 5.66. The molecule has 0 saturated heterocycles. The molecule has 0 spiro atoms. The number of methoxy groups -OCH3 is 2. The third kappa shape index (κ3) is 3.59. The van der Waals surface area contributed by atoms with Gasteiger partial charge in [-0.2, -0.15) is 0 Å². The quantitative estimate of drug-likeness (QED) is 0.640. The van der Waals surface area contributed by atoms with Gasteiger partial charge in [-0.15, -0.1) is 0 Å². The van der Waals surface area contributed by atoms with Crippen LogP contribution in [0, 0.1) is 0 Å². The van der Waals surface area contributed by atoms with E-state index >= 15 is 0 Å². The van der Waals surface area contributed by atoms with Gasteiger partial charge in [0.05, 0.1) is 36.2 Å². The summed E-state index contributed by atoms with van der Waals surface area (Å²) in [6, 6.07) is 11.3. The second-order valence-corrected chi connectivity index (χ2v) is 6.48. The van der Waals surface area contributed by atoms with Crippen LogP contribution in [0.2, 0.25) is 10.0 Å². The highest BCUT2D eigenvalue weighted by molar-refractivity contribution is 6.42. The number of rotatable bonds is 6. The molecule has 26 heavy (non-hydrogen) atoms. The van der Waals surface area contributed by atoms with E-state index in [0.29, 0.717) is 28.1 Å². The van der Waals surface area contributed by atoms with Crippen LogP contribution < -0.4 is 14.8 Å². The van der Waals surface area contributed by atoms with Crippen LogP contribution in [-0.4, -0.2) is 23.8 Å². The van der Waals surface area contributed by atoms with Crippen molar-refractivity contribution in [3.63, 3.8) is 0 Å². The lowest BCUT2D eigenvalue weighted by Gasteiger charge is -2.14. The number of nitrogens with one attached hydrogen (secondary N) is 1. The second kappa shape index (κ2) is 7.89. The molecule has 136 valence electrons. The molecule has 0 unspecified atom stereocenters. The Morgan fingerprint density at radius 2 is 1.88 bits per heavy atom. The summed E-state index contributed by atoms with van der Waals surface area (Å²) < 4.78 is 12.8. The van der Waals surface area contributed by atoms with E-state index < -0.39 is 0 Å². The van der Waals surface area contributed by atoms with Crippen LogP contribution in [0.4, 0.5) is 5.95 Å². The van der Waals surface area contributed by atoms with Crippen molar-refractivity contribution in [1.29, 1.82) is 0 Å². The van der Waals surface area contributed by atoms with Crippen molar-refractivity contribution < 1.29 is 9.47 Å². The molecule has 0 radical (unpaired) electrons. The summed E-state index contributed by atoms with van der Waals surface area (Å²) in [6.45, 7) is 0.548. The van der Waals surface area contributed by atoms with Crippen LogP contribution in [0.25, 0.3) is 11.3 Å². The minimum absolute atomic E-state index is 0.515. The van der Waals surface area contributed by atoms with E-state index in [-0.39, 0.29) is 0 Å². The van der Waals surface area contributed by atoms with Crippen molar-refractivity contribution in [3.8, 4) is 22.8 Å². The predicted molar refractivity (Wildman–Crippen MR) is 106 cm³/mol. The molecular weight excluding hydrogens is 373 g/mol. The molecule has 0 atom stereocenters. The molecule has 7 heteroatoms. The lowest BCUT2D eigenvalue weighted by molar-refractivity contribution is 0.352. The number of hydrogen-bond donors (Lipinski definition) is 1. The Hall–Kier alpha value is -2.37. The van der Waals surface area contributed by atoms with Crippen LogP contribution in [0.3, 0.4) is 0 Å². The summed E-state index contributed by atoms with van der Waals surface area (Å²) in [4.78, 5) is 4.46. The first-order valence-corrected chi connectivity index (χ1v) is 8.71. The van der Waals surface area contributed by atoms with Gasteiger partial charge in [0.25, 0.3) is 0 Å². The average Bonchev–Trinajstić information content (AvgIpc) is 3.02. The van der Waals surface area contributed by atoms with Gasteiger partial charge >= 0.3 is 0 Å². The molecule has 5 nitrogen and oxygen atoms in total. The van der Waals surface area contributed by atoms with Crippen LogP contribution >= 0.6 is 23.2 Å². The van der Waals surface area contributed by atoms with E-state index in [0.717, 1.165) is 22.8 Å². The summed E-state index contributed by atoms with van der Waals surface area (Å²) in [5, 5.41) is 4.37. The van der Waals surface area contributed by atoms with Gasteiger partial charge in [0, 0.05) is 24.7 Å². The molecule has 1 heterocycles. The fourth-order valence-corrected chi connectivity index (χ4v) is 3.06. The molecule has 0 bridgehead atoms. The third-order valence-electron chi connectivity index (χ3n) is 4.12. The van der Waals surface area contributed by atoms with Gasteiger partial charge in [0.15, 0.2) is 11.5 Å². The fraction of sp³-hybridized carbons (Fsp3) is 0.211. The molecule has 3 rings (SSSR count). The number of para-hydroxylation sites is 1. The first-order chi connectivity index (χ1) is 12.5. The lowest BCUT2D eigenvalue weighted by Crippen LogP contribution is -2.07. The van der Waals surface area contributed by atoms with Gasteiger partial charge in [-0.25, -0.2) is 4.98 Å². The monoisotopic (exact) mass is 391 g/mol. The van der Waals surface area contributed by atoms with E-state index in [2.05, 4.69) is 10.3 Å². The maximum atomic E-state index is 6.12.